The average molecular weight is 354 g/mol. The summed E-state index contributed by atoms with van der Waals surface area (Å²) >= 11 is 0. The molecule has 0 aliphatic carbocycles. The van der Waals surface area contributed by atoms with Gasteiger partial charge in [0.1, 0.15) is 0 Å². The van der Waals surface area contributed by atoms with Crippen LogP contribution in [0.15, 0.2) is 48.5 Å². The van der Waals surface area contributed by atoms with Gasteiger partial charge in [0.05, 0.1) is 26.3 Å². The summed E-state index contributed by atoms with van der Waals surface area (Å²) in [5.74, 6) is 1.22. The molecule has 0 saturated carbocycles. The van der Waals surface area contributed by atoms with Crippen LogP contribution in [0.4, 0.5) is 0 Å². The molecule has 0 aliphatic rings. The second kappa shape index (κ2) is 8.11. The van der Waals surface area contributed by atoms with E-state index in [1.807, 2.05) is 30.3 Å². The zero-order chi connectivity index (χ0) is 18.4. The second-order valence-electron chi connectivity index (χ2n) is 5.37. The van der Waals surface area contributed by atoms with E-state index >= 15 is 0 Å². The van der Waals surface area contributed by atoms with Crippen LogP contribution in [0.5, 0.6) is 11.5 Å². The lowest BCUT2D eigenvalue weighted by Gasteiger charge is -2.09. The number of benzene rings is 2. The number of rotatable bonds is 7. The topological polar surface area (TPSA) is 88.4 Å². The number of esters is 1. The summed E-state index contributed by atoms with van der Waals surface area (Å²) in [7, 11) is 3.10. The Bertz CT molecular complexity index is 880. The quantitative estimate of drug-likeness (QED) is 0.599. The first-order valence-corrected chi connectivity index (χ1v) is 7.90. The highest BCUT2D eigenvalue weighted by Crippen LogP contribution is 2.27. The molecule has 0 fully saturated rings. The number of carbonyl (C=O) groups excluding carboxylic acids is 1. The molecule has 3 rings (SSSR count). The molecule has 134 valence electrons. The van der Waals surface area contributed by atoms with Crippen molar-refractivity contribution in [2.45, 2.75) is 13.0 Å². The van der Waals surface area contributed by atoms with Crippen molar-refractivity contribution in [2.75, 3.05) is 14.2 Å². The smallest absolute Gasteiger partial charge is 0.310 e. The van der Waals surface area contributed by atoms with Crippen LogP contribution < -0.4 is 9.47 Å². The summed E-state index contributed by atoms with van der Waals surface area (Å²) in [6.07, 6.45) is 0.104. The van der Waals surface area contributed by atoms with E-state index in [9.17, 15) is 4.79 Å². The minimum Gasteiger partial charge on any atom is -0.493 e. The maximum Gasteiger partial charge on any atom is 0.310 e. The van der Waals surface area contributed by atoms with E-state index in [1.54, 1.807) is 32.4 Å². The van der Waals surface area contributed by atoms with E-state index in [4.69, 9.17) is 14.2 Å². The number of hydrogen-bond donors (Lipinski definition) is 0. The van der Waals surface area contributed by atoms with E-state index in [0.29, 0.717) is 17.3 Å². The van der Waals surface area contributed by atoms with E-state index < -0.39 is 0 Å². The Morgan fingerprint density at radius 2 is 1.81 bits per heavy atom. The van der Waals surface area contributed by atoms with E-state index in [0.717, 1.165) is 11.3 Å². The molecule has 1 heterocycles. The summed E-state index contributed by atoms with van der Waals surface area (Å²) in [6.45, 7) is -0.0198. The van der Waals surface area contributed by atoms with Crippen molar-refractivity contribution >= 4 is 5.97 Å². The molecule has 0 spiro atoms. The van der Waals surface area contributed by atoms with Crippen LogP contribution in [0.1, 0.15) is 11.4 Å². The molecule has 1 aromatic heterocycles. The Kier molecular flexibility index (Phi) is 5.43. The molecule has 26 heavy (non-hydrogen) atoms. The van der Waals surface area contributed by atoms with Crippen molar-refractivity contribution in [1.29, 1.82) is 0 Å². The highest BCUT2D eigenvalue weighted by atomic mass is 16.5. The number of para-hydroxylation sites is 1. The number of nitrogens with zero attached hydrogens (tertiary/aromatic N) is 4. The molecule has 0 bridgehead atoms. The van der Waals surface area contributed by atoms with E-state index in [1.165, 1.54) is 4.68 Å². The van der Waals surface area contributed by atoms with Gasteiger partial charge in [-0.25, -0.2) is 0 Å². The van der Waals surface area contributed by atoms with Gasteiger partial charge in [0, 0.05) is 0 Å². The van der Waals surface area contributed by atoms with Gasteiger partial charge in [-0.2, -0.15) is 4.68 Å². The van der Waals surface area contributed by atoms with Crippen LogP contribution in [-0.2, 0) is 22.6 Å². The predicted octanol–water partition coefficient (Wildman–Crippen LogP) is 1.97. The Hall–Kier alpha value is -3.42. The van der Waals surface area contributed by atoms with Gasteiger partial charge in [-0.15, -0.1) is 5.10 Å². The lowest BCUT2D eigenvalue weighted by atomic mass is 10.1. The van der Waals surface area contributed by atoms with Gasteiger partial charge >= 0.3 is 5.97 Å². The van der Waals surface area contributed by atoms with Crippen molar-refractivity contribution in [1.82, 2.24) is 20.2 Å². The molecule has 8 heteroatoms. The van der Waals surface area contributed by atoms with E-state index in [-0.39, 0.29) is 19.0 Å². The Morgan fingerprint density at radius 3 is 2.54 bits per heavy atom. The monoisotopic (exact) mass is 354 g/mol. The van der Waals surface area contributed by atoms with Crippen molar-refractivity contribution < 1.29 is 19.0 Å². The molecule has 2 aromatic carbocycles. The zero-order valence-corrected chi connectivity index (χ0v) is 14.5. The number of tetrazole rings is 1. The van der Waals surface area contributed by atoms with Crippen LogP contribution in [0, 0.1) is 0 Å². The SMILES string of the molecule is COc1ccc(CC(=O)OCc2nnnn2-c2ccccc2)cc1OC. The molecular formula is C18H18N4O4. The highest BCUT2D eigenvalue weighted by molar-refractivity contribution is 5.73. The number of aromatic nitrogens is 4. The molecule has 0 saturated heterocycles. The highest BCUT2D eigenvalue weighted by Gasteiger charge is 2.13. The molecule has 0 unspecified atom stereocenters. The van der Waals surface area contributed by atoms with Crippen LogP contribution in [0.2, 0.25) is 0 Å². The average Bonchev–Trinajstić information content (AvgIpc) is 3.15. The third kappa shape index (κ3) is 3.97. The van der Waals surface area contributed by atoms with Crippen molar-refractivity contribution in [2.24, 2.45) is 0 Å². The zero-order valence-electron chi connectivity index (χ0n) is 14.5. The lowest BCUT2D eigenvalue weighted by molar-refractivity contribution is -0.144. The van der Waals surface area contributed by atoms with Gasteiger partial charge in [0.25, 0.3) is 0 Å². The van der Waals surface area contributed by atoms with Gasteiger partial charge in [-0.3, -0.25) is 4.79 Å². The van der Waals surface area contributed by atoms with Crippen LogP contribution >= 0.6 is 0 Å². The molecular weight excluding hydrogens is 336 g/mol. The van der Waals surface area contributed by atoms with E-state index in [2.05, 4.69) is 15.5 Å². The Morgan fingerprint density at radius 1 is 1.04 bits per heavy atom. The van der Waals surface area contributed by atoms with Gasteiger partial charge in [-0.05, 0) is 40.3 Å². The largest absolute Gasteiger partial charge is 0.493 e. The van der Waals surface area contributed by atoms with Gasteiger partial charge in [0.2, 0.25) is 0 Å². The fraction of sp³-hybridized carbons (Fsp3) is 0.222. The lowest BCUT2D eigenvalue weighted by Crippen LogP contribution is -2.11. The maximum absolute atomic E-state index is 12.1. The van der Waals surface area contributed by atoms with Crippen LogP contribution in [-0.4, -0.2) is 40.4 Å². The first-order chi connectivity index (χ1) is 12.7. The third-order valence-electron chi connectivity index (χ3n) is 3.69. The molecule has 0 radical (unpaired) electrons. The summed E-state index contributed by atoms with van der Waals surface area (Å²) in [6, 6.07) is 14.7. The minimum absolute atomic E-state index is 0.0198. The number of hydrogen-bond acceptors (Lipinski definition) is 7. The Balaban J connectivity index is 1.63. The van der Waals surface area contributed by atoms with Gasteiger partial charge < -0.3 is 14.2 Å². The number of carbonyl (C=O) groups is 1. The first kappa shape index (κ1) is 17.4. The van der Waals surface area contributed by atoms with Crippen molar-refractivity contribution in [3.8, 4) is 17.2 Å². The normalized spacial score (nSPS) is 10.4. The van der Waals surface area contributed by atoms with Crippen LogP contribution in [0.25, 0.3) is 5.69 Å². The fourth-order valence-electron chi connectivity index (χ4n) is 2.42. The van der Waals surface area contributed by atoms with Crippen LogP contribution in [0.3, 0.4) is 0 Å². The summed E-state index contributed by atoms with van der Waals surface area (Å²) in [5, 5.41) is 11.5. The maximum atomic E-state index is 12.1. The number of ether oxygens (including phenoxy) is 3. The first-order valence-electron chi connectivity index (χ1n) is 7.90. The minimum atomic E-state index is -0.389. The molecule has 0 N–H and O–H groups in total. The summed E-state index contributed by atoms with van der Waals surface area (Å²) < 4.78 is 17.3. The second-order valence-corrected chi connectivity index (χ2v) is 5.37. The molecule has 0 aliphatic heterocycles. The summed E-state index contributed by atoms with van der Waals surface area (Å²) in [4.78, 5) is 12.1. The fourth-order valence-corrected chi connectivity index (χ4v) is 2.42. The molecule has 0 atom stereocenters. The van der Waals surface area contributed by atoms with Gasteiger partial charge in [-0.1, -0.05) is 24.3 Å². The predicted molar refractivity (Wildman–Crippen MR) is 92.2 cm³/mol. The van der Waals surface area contributed by atoms with Gasteiger partial charge in [0.15, 0.2) is 23.9 Å². The third-order valence-corrected chi connectivity index (χ3v) is 3.69. The van der Waals surface area contributed by atoms with Crippen molar-refractivity contribution in [3.63, 3.8) is 0 Å². The summed E-state index contributed by atoms with van der Waals surface area (Å²) in [5.41, 5.74) is 1.55. The number of methoxy groups -OCH3 is 2. The molecule has 3 aromatic rings. The molecule has 8 nitrogen and oxygen atoms in total. The Labute approximate surface area is 150 Å². The molecule has 0 amide bonds. The standard InChI is InChI=1S/C18H18N4O4/c1-24-15-9-8-13(10-16(15)25-2)11-18(23)26-12-17-19-20-21-22(17)14-6-4-3-5-7-14/h3-10H,11-12H2,1-2H3. The van der Waals surface area contributed by atoms with Crippen molar-refractivity contribution in [3.05, 3.63) is 59.9 Å².